The fourth-order valence-electron chi connectivity index (χ4n) is 2.02. The molecule has 0 saturated carbocycles. The molecule has 0 aromatic heterocycles. The highest BCUT2D eigenvalue weighted by Crippen LogP contribution is 2.25. The number of hydrogen-bond acceptors (Lipinski definition) is 2. The summed E-state index contributed by atoms with van der Waals surface area (Å²) in [5.41, 5.74) is 2.26. The van der Waals surface area contributed by atoms with E-state index in [4.69, 9.17) is 23.2 Å². The topological polar surface area (TPSA) is 24.1 Å². The summed E-state index contributed by atoms with van der Waals surface area (Å²) in [5, 5.41) is 7.31. The maximum absolute atomic E-state index is 14.0. The van der Waals surface area contributed by atoms with Crippen molar-refractivity contribution in [3.05, 3.63) is 57.8 Å². The monoisotopic (exact) mass is 340 g/mol. The molecular formula is C17H19Cl2FN2. The third-order valence-corrected chi connectivity index (χ3v) is 4.03. The third kappa shape index (κ3) is 4.79. The quantitative estimate of drug-likeness (QED) is 0.608. The Kier molecular flexibility index (Phi) is 6.34. The minimum Gasteiger partial charge on any atom is -0.383 e. The second kappa shape index (κ2) is 8.25. The van der Waals surface area contributed by atoms with Crippen molar-refractivity contribution in [1.29, 1.82) is 0 Å². The molecule has 0 amide bonds. The lowest BCUT2D eigenvalue weighted by molar-refractivity contribution is 0.627. The largest absolute Gasteiger partial charge is 0.383 e. The van der Waals surface area contributed by atoms with Crippen LogP contribution < -0.4 is 10.6 Å². The summed E-state index contributed by atoms with van der Waals surface area (Å²) >= 11 is 11.8. The summed E-state index contributed by atoms with van der Waals surface area (Å²) in [6.45, 7) is 3.41. The van der Waals surface area contributed by atoms with Gasteiger partial charge in [-0.2, -0.15) is 0 Å². The van der Waals surface area contributed by atoms with Crippen LogP contribution in [0.4, 0.5) is 15.8 Å². The van der Waals surface area contributed by atoms with Gasteiger partial charge >= 0.3 is 0 Å². The van der Waals surface area contributed by atoms with Crippen LogP contribution in [0.25, 0.3) is 0 Å². The first-order valence-corrected chi connectivity index (χ1v) is 8.07. The van der Waals surface area contributed by atoms with E-state index in [0.29, 0.717) is 22.3 Å². The van der Waals surface area contributed by atoms with Gasteiger partial charge in [-0.25, -0.2) is 4.39 Å². The third-order valence-electron chi connectivity index (χ3n) is 3.30. The lowest BCUT2D eigenvalue weighted by atomic mass is 10.2. The SMILES string of the molecule is CCCCNc1ccc(CNc2ccc(Cl)c(Cl)c2)cc1F. The van der Waals surface area contributed by atoms with Gasteiger partial charge in [0.05, 0.1) is 15.7 Å². The Morgan fingerprint density at radius 1 is 1.00 bits per heavy atom. The molecule has 22 heavy (non-hydrogen) atoms. The van der Waals surface area contributed by atoms with Gasteiger partial charge in [-0.05, 0) is 42.3 Å². The molecule has 2 aromatic carbocycles. The highest BCUT2D eigenvalue weighted by atomic mass is 35.5. The molecule has 2 N–H and O–H groups in total. The Hall–Kier alpha value is -1.45. The van der Waals surface area contributed by atoms with Crippen LogP contribution in [0, 0.1) is 5.82 Å². The van der Waals surface area contributed by atoms with E-state index in [9.17, 15) is 4.39 Å². The number of rotatable bonds is 7. The number of nitrogens with one attached hydrogen (secondary N) is 2. The maximum atomic E-state index is 14.0. The van der Waals surface area contributed by atoms with Crippen LogP contribution in [0.15, 0.2) is 36.4 Å². The summed E-state index contributed by atoms with van der Waals surface area (Å²) in [4.78, 5) is 0. The van der Waals surface area contributed by atoms with Crippen LogP contribution in [0.5, 0.6) is 0 Å². The molecule has 0 atom stereocenters. The fraction of sp³-hybridized carbons (Fsp3) is 0.294. The Balaban J connectivity index is 1.95. The van der Waals surface area contributed by atoms with Crippen molar-refractivity contribution in [3.8, 4) is 0 Å². The lowest BCUT2D eigenvalue weighted by Crippen LogP contribution is -2.04. The molecule has 2 aromatic rings. The molecule has 0 unspecified atom stereocenters. The number of hydrogen-bond donors (Lipinski definition) is 2. The van der Waals surface area contributed by atoms with E-state index in [1.165, 1.54) is 0 Å². The highest BCUT2D eigenvalue weighted by Gasteiger charge is 2.04. The predicted molar refractivity (Wildman–Crippen MR) is 93.6 cm³/mol. The van der Waals surface area contributed by atoms with Gasteiger partial charge in [0.1, 0.15) is 5.82 Å². The number of anilines is 2. The summed E-state index contributed by atoms with van der Waals surface area (Å²) in [6.07, 6.45) is 2.11. The first kappa shape index (κ1) is 16.9. The van der Waals surface area contributed by atoms with E-state index in [1.807, 2.05) is 12.1 Å². The molecule has 0 radical (unpaired) electrons. The summed E-state index contributed by atoms with van der Waals surface area (Å²) in [5.74, 6) is -0.232. The Morgan fingerprint density at radius 2 is 1.82 bits per heavy atom. The van der Waals surface area contributed by atoms with Gasteiger partial charge in [0.2, 0.25) is 0 Å². The van der Waals surface area contributed by atoms with E-state index in [2.05, 4.69) is 17.6 Å². The molecule has 0 aliphatic rings. The molecule has 5 heteroatoms. The van der Waals surface area contributed by atoms with Crippen molar-refractivity contribution in [2.24, 2.45) is 0 Å². The van der Waals surface area contributed by atoms with Crippen molar-refractivity contribution in [2.75, 3.05) is 17.2 Å². The molecular weight excluding hydrogens is 322 g/mol. The smallest absolute Gasteiger partial charge is 0.146 e. The first-order chi connectivity index (χ1) is 10.6. The number of benzene rings is 2. The second-order valence-electron chi connectivity index (χ2n) is 5.08. The maximum Gasteiger partial charge on any atom is 0.146 e. The van der Waals surface area contributed by atoms with Crippen LogP contribution in [0.2, 0.25) is 10.0 Å². The highest BCUT2D eigenvalue weighted by molar-refractivity contribution is 6.42. The van der Waals surface area contributed by atoms with Crippen molar-refractivity contribution in [2.45, 2.75) is 26.3 Å². The van der Waals surface area contributed by atoms with Gasteiger partial charge in [-0.1, -0.05) is 42.6 Å². The zero-order valence-electron chi connectivity index (χ0n) is 12.4. The predicted octanol–water partition coefficient (Wildman–Crippen LogP) is 5.96. The first-order valence-electron chi connectivity index (χ1n) is 7.31. The van der Waals surface area contributed by atoms with Crippen molar-refractivity contribution < 1.29 is 4.39 Å². The molecule has 118 valence electrons. The van der Waals surface area contributed by atoms with Gasteiger partial charge in [-0.3, -0.25) is 0 Å². The summed E-state index contributed by atoms with van der Waals surface area (Å²) < 4.78 is 14.0. The Labute approximate surface area is 140 Å². The van der Waals surface area contributed by atoms with E-state index in [0.717, 1.165) is 30.6 Å². The average Bonchev–Trinajstić information content (AvgIpc) is 2.50. The van der Waals surface area contributed by atoms with Gasteiger partial charge < -0.3 is 10.6 Å². The zero-order chi connectivity index (χ0) is 15.9. The Morgan fingerprint density at radius 3 is 2.50 bits per heavy atom. The van der Waals surface area contributed by atoms with E-state index >= 15 is 0 Å². The number of unbranched alkanes of at least 4 members (excludes halogenated alkanes) is 1. The van der Waals surface area contributed by atoms with Gasteiger partial charge in [0.15, 0.2) is 0 Å². The standard InChI is InChI=1S/C17H19Cl2FN2/c1-2-3-8-21-17-7-4-12(9-16(17)20)11-22-13-5-6-14(18)15(19)10-13/h4-7,9-10,21-22H,2-3,8,11H2,1H3. The molecule has 0 spiro atoms. The van der Waals surface area contributed by atoms with E-state index in [-0.39, 0.29) is 5.82 Å². The summed E-state index contributed by atoms with van der Waals surface area (Å²) in [6, 6.07) is 10.5. The fourth-order valence-corrected chi connectivity index (χ4v) is 2.32. The average molecular weight is 341 g/mol. The minimum atomic E-state index is -0.232. The molecule has 0 heterocycles. The van der Waals surface area contributed by atoms with Crippen LogP contribution in [0.1, 0.15) is 25.3 Å². The molecule has 0 fully saturated rings. The zero-order valence-corrected chi connectivity index (χ0v) is 13.9. The normalized spacial score (nSPS) is 10.5. The van der Waals surface area contributed by atoms with Crippen molar-refractivity contribution >= 4 is 34.6 Å². The van der Waals surface area contributed by atoms with E-state index < -0.39 is 0 Å². The molecule has 0 aliphatic heterocycles. The lowest BCUT2D eigenvalue weighted by Gasteiger charge is -2.10. The van der Waals surface area contributed by atoms with Crippen LogP contribution in [0.3, 0.4) is 0 Å². The van der Waals surface area contributed by atoms with Crippen molar-refractivity contribution in [1.82, 2.24) is 0 Å². The van der Waals surface area contributed by atoms with Gasteiger partial charge in [0.25, 0.3) is 0 Å². The second-order valence-corrected chi connectivity index (χ2v) is 5.89. The summed E-state index contributed by atoms with van der Waals surface area (Å²) in [7, 11) is 0. The van der Waals surface area contributed by atoms with Gasteiger partial charge in [0, 0.05) is 18.8 Å². The minimum absolute atomic E-state index is 0.232. The van der Waals surface area contributed by atoms with Crippen molar-refractivity contribution in [3.63, 3.8) is 0 Å². The van der Waals surface area contributed by atoms with E-state index in [1.54, 1.807) is 24.3 Å². The molecule has 2 rings (SSSR count). The Bertz CT molecular complexity index is 632. The van der Waals surface area contributed by atoms with Gasteiger partial charge in [-0.15, -0.1) is 0 Å². The van der Waals surface area contributed by atoms with Crippen LogP contribution in [-0.4, -0.2) is 6.54 Å². The molecule has 0 aliphatic carbocycles. The molecule has 0 saturated heterocycles. The molecule has 0 bridgehead atoms. The van der Waals surface area contributed by atoms with Crippen LogP contribution >= 0.6 is 23.2 Å². The number of halogens is 3. The van der Waals surface area contributed by atoms with Crippen LogP contribution in [-0.2, 0) is 6.54 Å². The molecule has 2 nitrogen and oxygen atoms in total.